The fraction of sp³-hybridized carbons (Fsp3) is 0.400. The number of aliphatic hydroxyl groups excluding tert-OH is 3. The van der Waals surface area contributed by atoms with Crippen molar-refractivity contribution in [2.75, 3.05) is 11.9 Å². The Morgan fingerprint density at radius 3 is 2.73 bits per heavy atom. The molecule has 1 aliphatic heterocycles. The van der Waals surface area contributed by atoms with Crippen LogP contribution in [0.3, 0.4) is 0 Å². The highest BCUT2D eigenvalue weighted by molar-refractivity contribution is 5.82. The van der Waals surface area contributed by atoms with Crippen LogP contribution in [-0.4, -0.2) is 59.8 Å². The van der Waals surface area contributed by atoms with Crippen molar-refractivity contribution in [1.82, 2.24) is 19.5 Å². The summed E-state index contributed by atoms with van der Waals surface area (Å²) in [6.07, 6.45) is -1.63. The molecule has 26 heavy (non-hydrogen) atoms. The second-order valence-electron chi connectivity index (χ2n) is 5.83. The van der Waals surface area contributed by atoms with E-state index >= 15 is 0 Å². The first kappa shape index (κ1) is 16.8. The number of imidazole rings is 1. The number of rotatable bonds is 5. The second-order valence-corrected chi connectivity index (χ2v) is 5.83. The van der Waals surface area contributed by atoms with E-state index in [-0.39, 0.29) is 6.54 Å². The van der Waals surface area contributed by atoms with E-state index < -0.39 is 37.2 Å². The molecule has 1 aliphatic rings. The molecule has 4 rings (SSSR count). The van der Waals surface area contributed by atoms with Gasteiger partial charge in [-0.15, -0.1) is 0 Å². The van der Waals surface area contributed by atoms with Crippen LogP contribution in [0.4, 0.5) is 10.2 Å². The van der Waals surface area contributed by atoms with Crippen molar-refractivity contribution in [1.29, 1.82) is 0 Å². The van der Waals surface area contributed by atoms with Crippen molar-refractivity contribution < 1.29 is 28.9 Å². The number of furan rings is 1. The number of hydrogen-bond acceptors (Lipinski definition) is 9. The predicted molar refractivity (Wildman–Crippen MR) is 84.3 cm³/mol. The zero-order valence-electron chi connectivity index (χ0n) is 13.4. The molecule has 0 aromatic carbocycles. The van der Waals surface area contributed by atoms with Gasteiger partial charge in [-0.05, 0) is 6.07 Å². The average molecular weight is 365 g/mol. The summed E-state index contributed by atoms with van der Waals surface area (Å²) in [5.41, 5.74) is 0.764. The van der Waals surface area contributed by atoms with E-state index in [2.05, 4.69) is 20.3 Å². The van der Waals surface area contributed by atoms with Crippen LogP contribution in [0.1, 0.15) is 12.0 Å². The summed E-state index contributed by atoms with van der Waals surface area (Å²) < 4.78 is 24.7. The quantitative estimate of drug-likeness (QED) is 0.483. The Labute approximate surface area is 145 Å². The molecule has 0 bridgehead atoms. The van der Waals surface area contributed by atoms with Gasteiger partial charge < -0.3 is 29.8 Å². The van der Waals surface area contributed by atoms with Crippen LogP contribution >= 0.6 is 0 Å². The molecule has 4 heterocycles. The lowest BCUT2D eigenvalue weighted by atomic mass is 10.1. The van der Waals surface area contributed by atoms with Crippen LogP contribution in [0, 0.1) is 6.01 Å². The first-order chi connectivity index (χ1) is 12.6. The first-order valence-electron chi connectivity index (χ1n) is 7.86. The summed E-state index contributed by atoms with van der Waals surface area (Å²) in [7, 11) is 0. The van der Waals surface area contributed by atoms with Crippen LogP contribution in [0.15, 0.2) is 29.2 Å². The summed E-state index contributed by atoms with van der Waals surface area (Å²) in [6, 6.07) is 2.03. The van der Waals surface area contributed by atoms with Gasteiger partial charge in [0.05, 0.1) is 19.5 Å². The fourth-order valence-electron chi connectivity index (χ4n) is 2.89. The van der Waals surface area contributed by atoms with Crippen molar-refractivity contribution in [3.05, 3.63) is 36.6 Å². The minimum atomic E-state index is -1.25. The number of nitrogens with one attached hydrogen (secondary N) is 1. The van der Waals surface area contributed by atoms with E-state index in [1.54, 1.807) is 0 Å². The number of aliphatic hydroxyl groups is 3. The van der Waals surface area contributed by atoms with Gasteiger partial charge in [0.2, 0.25) is 0 Å². The van der Waals surface area contributed by atoms with E-state index in [1.165, 1.54) is 29.4 Å². The third-order valence-corrected chi connectivity index (χ3v) is 4.21. The van der Waals surface area contributed by atoms with Gasteiger partial charge in [-0.25, -0.2) is 15.0 Å². The summed E-state index contributed by atoms with van der Waals surface area (Å²) in [5.74, 6) is 0.773. The molecule has 3 aromatic rings. The lowest BCUT2D eigenvalue weighted by Crippen LogP contribution is -2.33. The van der Waals surface area contributed by atoms with Crippen LogP contribution in [0.5, 0.6) is 0 Å². The first-order valence-corrected chi connectivity index (χ1v) is 7.86. The zero-order valence-corrected chi connectivity index (χ0v) is 13.4. The number of halogens is 1. The minimum Gasteiger partial charge on any atom is -0.434 e. The molecule has 4 atom stereocenters. The van der Waals surface area contributed by atoms with Gasteiger partial charge in [0, 0.05) is 6.07 Å². The Hall–Kier alpha value is -2.60. The van der Waals surface area contributed by atoms with Gasteiger partial charge in [-0.2, -0.15) is 4.39 Å². The van der Waals surface area contributed by atoms with Crippen molar-refractivity contribution >= 4 is 17.0 Å². The number of hydrogen-bond donors (Lipinski definition) is 4. The van der Waals surface area contributed by atoms with Gasteiger partial charge in [0.15, 0.2) is 23.2 Å². The Morgan fingerprint density at radius 1 is 1.19 bits per heavy atom. The fourth-order valence-corrected chi connectivity index (χ4v) is 2.89. The lowest BCUT2D eigenvalue weighted by Gasteiger charge is -2.16. The lowest BCUT2D eigenvalue weighted by molar-refractivity contribution is -0.0511. The maximum atomic E-state index is 12.9. The average Bonchev–Trinajstić information content (AvgIpc) is 3.32. The van der Waals surface area contributed by atoms with Crippen molar-refractivity contribution in [3.8, 4) is 0 Å². The molecular weight excluding hydrogens is 349 g/mol. The number of nitrogens with zero attached hydrogens (tertiary/aromatic N) is 4. The van der Waals surface area contributed by atoms with E-state index in [0.717, 1.165) is 0 Å². The highest BCUT2D eigenvalue weighted by Crippen LogP contribution is 2.32. The van der Waals surface area contributed by atoms with Crippen molar-refractivity contribution in [2.24, 2.45) is 0 Å². The number of aromatic nitrogens is 4. The summed E-state index contributed by atoms with van der Waals surface area (Å²) >= 11 is 0. The SMILES string of the molecule is OC[C@H]1O[C@@H](n2cnc3c(NCc4ccc(F)o4)ncnc32)[C@@H](O)[C@@H]1O. The third kappa shape index (κ3) is 2.80. The van der Waals surface area contributed by atoms with Gasteiger partial charge in [0.1, 0.15) is 30.4 Å². The summed E-state index contributed by atoms with van der Waals surface area (Å²) in [5, 5.41) is 32.3. The Balaban J connectivity index is 1.61. The monoisotopic (exact) mass is 365 g/mol. The third-order valence-electron chi connectivity index (χ3n) is 4.21. The highest BCUT2D eigenvalue weighted by Gasteiger charge is 2.44. The van der Waals surface area contributed by atoms with Gasteiger partial charge in [0.25, 0.3) is 6.01 Å². The minimum absolute atomic E-state index is 0.191. The Morgan fingerprint density at radius 2 is 2.04 bits per heavy atom. The normalized spacial score (nSPS) is 25.8. The molecule has 4 N–H and O–H groups in total. The summed E-state index contributed by atoms with van der Waals surface area (Å²) in [6.45, 7) is -0.237. The molecule has 0 unspecified atom stereocenters. The molecule has 0 aliphatic carbocycles. The summed E-state index contributed by atoms with van der Waals surface area (Å²) in [4.78, 5) is 12.5. The van der Waals surface area contributed by atoms with Gasteiger partial charge >= 0.3 is 0 Å². The topological polar surface area (TPSA) is 139 Å². The molecule has 10 nitrogen and oxygen atoms in total. The maximum absolute atomic E-state index is 12.9. The highest BCUT2D eigenvalue weighted by atomic mass is 19.1. The predicted octanol–water partition coefficient (Wildman–Crippen LogP) is -0.218. The van der Waals surface area contributed by atoms with Crippen molar-refractivity contribution in [2.45, 2.75) is 31.1 Å². The maximum Gasteiger partial charge on any atom is 0.277 e. The standard InChI is InChI=1S/C15H16FN5O5/c16-9-2-1-7(25-9)3-17-13-10-14(19-5-18-13)21(6-20-10)15-12(24)11(23)8(4-22)26-15/h1-2,5-6,8,11-12,15,22-24H,3-4H2,(H,17,18,19)/t8-,11-,12+,15-/m1/s1. The zero-order chi connectivity index (χ0) is 18.3. The molecule has 1 fully saturated rings. The number of ether oxygens (including phenoxy) is 1. The van der Waals surface area contributed by atoms with E-state index in [1.807, 2.05) is 0 Å². The number of fused-ring (bicyclic) bond motifs is 1. The van der Waals surface area contributed by atoms with Crippen LogP contribution in [0.25, 0.3) is 11.2 Å². The second kappa shape index (κ2) is 6.61. The van der Waals surface area contributed by atoms with Crippen LogP contribution in [0.2, 0.25) is 0 Å². The molecule has 0 radical (unpaired) electrons. The molecule has 0 spiro atoms. The smallest absolute Gasteiger partial charge is 0.277 e. The van der Waals surface area contributed by atoms with Crippen LogP contribution in [-0.2, 0) is 11.3 Å². The van der Waals surface area contributed by atoms with E-state index in [0.29, 0.717) is 22.7 Å². The van der Waals surface area contributed by atoms with Crippen molar-refractivity contribution in [3.63, 3.8) is 0 Å². The number of anilines is 1. The molecule has 1 saturated heterocycles. The van der Waals surface area contributed by atoms with Crippen LogP contribution < -0.4 is 5.32 Å². The molecular formula is C15H16FN5O5. The van der Waals surface area contributed by atoms with E-state index in [4.69, 9.17) is 9.15 Å². The Bertz CT molecular complexity index is 915. The Kier molecular flexibility index (Phi) is 4.28. The van der Waals surface area contributed by atoms with Gasteiger partial charge in [-0.3, -0.25) is 4.57 Å². The van der Waals surface area contributed by atoms with E-state index in [9.17, 15) is 19.7 Å². The molecule has 138 valence electrons. The molecule has 0 amide bonds. The molecule has 3 aromatic heterocycles. The molecule has 11 heteroatoms. The van der Waals surface area contributed by atoms with Gasteiger partial charge in [-0.1, -0.05) is 0 Å². The largest absolute Gasteiger partial charge is 0.434 e. The molecule has 0 saturated carbocycles.